The third kappa shape index (κ3) is 5.45. The van der Waals surface area contributed by atoms with Crippen LogP contribution in [-0.2, 0) is 23.1 Å². The lowest BCUT2D eigenvalue weighted by Gasteiger charge is -2.34. The van der Waals surface area contributed by atoms with E-state index >= 15 is 0 Å². The summed E-state index contributed by atoms with van der Waals surface area (Å²) in [5, 5.41) is 0. The van der Waals surface area contributed by atoms with Gasteiger partial charge in [0.2, 0.25) is 10.0 Å². The highest BCUT2D eigenvalue weighted by Gasteiger charge is 2.21. The first-order valence-electron chi connectivity index (χ1n) is 10.4. The molecule has 6 heteroatoms. The maximum absolute atomic E-state index is 13.0. The van der Waals surface area contributed by atoms with E-state index in [0.717, 1.165) is 61.5 Å². The van der Waals surface area contributed by atoms with Crippen molar-refractivity contribution in [3.63, 3.8) is 0 Å². The van der Waals surface area contributed by atoms with E-state index in [4.69, 9.17) is 0 Å². The molecule has 5 nitrogen and oxygen atoms in total. The molecular formula is C23H33N3O2S. The normalized spacial score (nSPS) is 16.3. The number of nitrogens with one attached hydrogen (secondary N) is 1. The Hall–Kier alpha value is -1.73. The molecule has 1 aliphatic rings. The molecule has 29 heavy (non-hydrogen) atoms. The molecule has 0 atom stereocenters. The van der Waals surface area contributed by atoms with Gasteiger partial charge in [0.05, 0.1) is 4.90 Å². The molecule has 0 unspecified atom stereocenters. The topological polar surface area (TPSA) is 52.6 Å². The lowest BCUT2D eigenvalue weighted by atomic mass is 10.1. The standard InChI is InChI=1S/C23H33N3O2S/c1-5-25-10-12-26(13-11-25)17-22-9-7-6-8-21(22)16-24-29(27,28)23-19(3)14-18(2)15-20(23)4/h6-9,14-15,24H,5,10-13,16-17H2,1-4H3. The number of hydrogen-bond donors (Lipinski definition) is 1. The summed E-state index contributed by atoms with van der Waals surface area (Å²) in [4.78, 5) is 5.31. The van der Waals surface area contributed by atoms with Crippen molar-refractivity contribution in [3.8, 4) is 0 Å². The van der Waals surface area contributed by atoms with Gasteiger partial charge >= 0.3 is 0 Å². The molecule has 1 aliphatic heterocycles. The van der Waals surface area contributed by atoms with Crippen LogP contribution in [0, 0.1) is 20.8 Å². The first kappa shape index (κ1) is 22.0. The molecule has 1 heterocycles. The summed E-state index contributed by atoms with van der Waals surface area (Å²) in [5.41, 5.74) is 4.88. The summed E-state index contributed by atoms with van der Waals surface area (Å²) in [6, 6.07) is 12.0. The smallest absolute Gasteiger partial charge is 0.241 e. The summed E-state index contributed by atoms with van der Waals surface area (Å²) < 4.78 is 28.8. The molecule has 0 aromatic heterocycles. The van der Waals surface area contributed by atoms with Gasteiger partial charge in [-0.1, -0.05) is 48.9 Å². The van der Waals surface area contributed by atoms with Gasteiger partial charge in [0, 0.05) is 39.3 Å². The van der Waals surface area contributed by atoms with E-state index in [-0.39, 0.29) is 0 Å². The maximum atomic E-state index is 13.0. The van der Waals surface area contributed by atoms with Crippen molar-refractivity contribution in [2.75, 3.05) is 32.7 Å². The van der Waals surface area contributed by atoms with E-state index in [1.807, 2.05) is 51.1 Å². The van der Waals surface area contributed by atoms with E-state index in [0.29, 0.717) is 11.4 Å². The monoisotopic (exact) mass is 415 g/mol. The second-order valence-corrected chi connectivity index (χ2v) is 9.74. The van der Waals surface area contributed by atoms with Crippen molar-refractivity contribution < 1.29 is 8.42 Å². The van der Waals surface area contributed by atoms with Gasteiger partial charge in [-0.05, 0) is 49.6 Å². The Morgan fingerprint density at radius 2 is 1.45 bits per heavy atom. The average molecular weight is 416 g/mol. The van der Waals surface area contributed by atoms with Crippen molar-refractivity contribution in [2.45, 2.75) is 45.7 Å². The summed E-state index contributed by atoms with van der Waals surface area (Å²) in [6.45, 7) is 14.5. The number of benzene rings is 2. The minimum atomic E-state index is -3.57. The van der Waals surface area contributed by atoms with E-state index in [9.17, 15) is 8.42 Å². The Morgan fingerprint density at radius 1 is 0.897 bits per heavy atom. The number of likely N-dealkylation sites (N-methyl/N-ethyl adjacent to an activating group) is 1. The molecule has 0 spiro atoms. The molecule has 0 radical (unpaired) electrons. The lowest BCUT2D eigenvalue weighted by Crippen LogP contribution is -2.45. The van der Waals surface area contributed by atoms with Gasteiger partial charge in [-0.15, -0.1) is 0 Å². The molecule has 0 amide bonds. The van der Waals surface area contributed by atoms with Crippen molar-refractivity contribution in [1.29, 1.82) is 0 Å². The van der Waals surface area contributed by atoms with Crippen LogP contribution in [0.5, 0.6) is 0 Å². The molecular weight excluding hydrogens is 382 g/mol. The van der Waals surface area contributed by atoms with Gasteiger partial charge in [-0.3, -0.25) is 4.90 Å². The predicted octanol–water partition coefficient (Wildman–Crippen LogP) is 3.23. The van der Waals surface area contributed by atoms with E-state index in [1.54, 1.807) is 0 Å². The minimum absolute atomic E-state index is 0.306. The van der Waals surface area contributed by atoms with Gasteiger partial charge in [-0.2, -0.15) is 0 Å². The van der Waals surface area contributed by atoms with Crippen LogP contribution >= 0.6 is 0 Å². The van der Waals surface area contributed by atoms with Crippen LogP contribution < -0.4 is 4.72 Å². The molecule has 2 aromatic carbocycles. The number of hydrogen-bond acceptors (Lipinski definition) is 4. The first-order chi connectivity index (χ1) is 13.8. The number of nitrogens with zero attached hydrogens (tertiary/aromatic N) is 2. The van der Waals surface area contributed by atoms with Gasteiger partial charge in [0.1, 0.15) is 0 Å². The SMILES string of the molecule is CCN1CCN(Cc2ccccc2CNS(=O)(=O)c2c(C)cc(C)cc2C)CC1. The van der Waals surface area contributed by atoms with Gasteiger partial charge < -0.3 is 4.90 Å². The van der Waals surface area contributed by atoms with Gasteiger partial charge in [0.25, 0.3) is 0 Å². The van der Waals surface area contributed by atoms with Gasteiger partial charge in [-0.25, -0.2) is 13.1 Å². The third-order valence-electron chi connectivity index (χ3n) is 5.75. The highest BCUT2D eigenvalue weighted by atomic mass is 32.2. The fourth-order valence-corrected chi connectivity index (χ4v) is 5.68. The largest absolute Gasteiger partial charge is 0.301 e. The maximum Gasteiger partial charge on any atom is 0.241 e. The highest BCUT2D eigenvalue weighted by Crippen LogP contribution is 2.22. The molecule has 2 aromatic rings. The average Bonchev–Trinajstić information content (AvgIpc) is 2.67. The number of piperazine rings is 1. The molecule has 0 saturated carbocycles. The zero-order valence-electron chi connectivity index (χ0n) is 18.0. The Labute approximate surface area is 175 Å². The quantitative estimate of drug-likeness (QED) is 0.754. The van der Waals surface area contributed by atoms with Crippen molar-refractivity contribution >= 4 is 10.0 Å². The zero-order chi connectivity index (χ0) is 21.0. The van der Waals surface area contributed by atoms with Crippen LogP contribution in [0.25, 0.3) is 0 Å². The minimum Gasteiger partial charge on any atom is -0.301 e. The van der Waals surface area contributed by atoms with Gasteiger partial charge in [0.15, 0.2) is 0 Å². The fraction of sp³-hybridized carbons (Fsp3) is 0.478. The lowest BCUT2D eigenvalue weighted by molar-refractivity contribution is 0.131. The first-order valence-corrected chi connectivity index (χ1v) is 11.9. The summed E-state index contributed by atoms with van der Waals surface area (Å²) in [5.74, 6) is 0. The third-order valence-corrected chi connectivity index (χ3v) is 7.46. The summed E-state index contributed by atoms with van der Waals surface area (Å²) in [6.07, 6.45) is 0. The fourth-order valence-electron chi connectivity index (χ4n) is 4.22. The molecule has 0 bridgehead atoms. The Kier molecular flexibility index (Phi) is 7.11. The Balaban J connectivity index is 1.72. The van der Waals surface area contributed by atoms with Crippen molar-refractivity contribution in [2.24, 2.45) is 0 Å². The van der Waals surface area contributed by atoms with Crippen molar-refractivity contribution in [1.82, 2.24) is 14.5 Å². The molecule has 1 N–H and O–H groups in total. The molecule has 1 fully saturated rings. The zero-order valence-corrected chi connectivity index (χ0v) is 18.8. The van der Waals surface area contributed by atoms with Crippen molar-refractivity contribution in [3.05, 3.63) is 64.2 Å². The summed E-state index contributed by atoms with van der Waals surface area (Å²) in [7, 11) is -3.57. The summed E-state index contributed by atoms with van der Waals surface area (Å²) >= 11 is 0. The Morgan fingerprint density at radius 3 is 2.03 bits per heavy atom. The molecule has 0 aliphatic carbocycles. The second kappa shape index (κ2) is 9.39. The molecule has 158 valence electrons. The number of aryl methyl sites for hydroxylation is 3. The van der Waals surface area contributed by atoms with Crippen LogP contribution in [-0.4, -0.2) is 50.9 Å². The van der Waals surface area contributed by atoms with Crippen LogP contribution in [0.1, 0.15) is 34.7 Å². The Bertz CT molecular complexity index is 925. The number of rotatable bonds is 7. The number of sulfonamides is 1. The van der Waals surface area contributed by atoms with Crippen LogP contribution in [0.3, 0.4) is 0 Å². The van der Waals surface area contributed by atoms with Crippen LogP contribution in [0.2, 0.25) is 0 Å². The van der Waals surface area contributed by atoms with E-state index in [1.165, 1.54) is 5.56 Å². The molecule has 1 saturated heterocycles. The van der Waals surface area contributed by atoms with Crippen LogP contribution in [0.4, 0.5) is 0 Å². The van der Waals surface area contributed by atoms with Crippen LogP contribution in [0.15, 0.2) is 41.3 Å². The highest BCUT2D eigenvalue weighted by molar-refractivity contribution is 7.89. The van der Waals surface area contributed by atoms with E-state index < -0.39 is 10.0 Å². The predicted molar refractivity (Wildman–Crippen MR) is 119 cm³/mol. The van der Waals surface area contributed by atoms with E-state index in [2.05, 4.69) is 27.5 Å². The molecule has 3 rings (SSSR count). The second-order valence-electron chi connectivity index (χ2n) is 8.03.